The van der Waals surface area contributed by atoms with E-state index in [1.807, 2.05) is 0 Å². The van der Waals surface area contributed by atoms with Gasteiger partial charge in [0, 0.05) is 24.1 Å². The number of aliphatic imine (C=N–C) groups is 1. The summed E-state index contributed by atoms with van der Waals surface area (Å²) in [5.74, 6) is -3.25. The van der Waals surface area contributed by atoms with Crippen LogP contribution in [-0.4, -0.2) is 29.6 Å². The number of pyridine rings is 1. The van der Waals surface area contributed by atoms with Crippen molar-refractivity contribution in [2.45, 2.75) is 24.5 Å². The third-order valence-corrected chi connectivity index (χ3v) is 5.29. The highest BCUT2D eigenvalue weighted by molar-refractivity contribution is 6.30. The van der Waals surface area contributed by atoms with Crippen LogP contribution in [0.5, 0.6) is 0 Å². The largest absolute Gasteiger partial charge is 0.462 e. The van der Waals surface area contributed by atoms with E-state index in [0.717, 1.165) is 6.07 Å². The molecule has 1 aliphatic heterocycles. The van der Waals surface area contributed by atoms with Crippen LogP contribution in [-0.2, 0) is 16.7 Å². The second-order valence-electron chi connectivity index (χ2n) is 6.91. The van der Waals surface area contributed by atoms with E-state index in [-0.39, 0.29) is 35.4 Å². The molecule has 1 aliphatic carbocycles. The lowest BCUT2D eigenvalue weighted by Crippen LogP contribution is -2.40. The number of benzene rings is 1. The van der Waals surface area contributed by atoms with Gasteiger partial charge < -0.3 is 10.5 Å². The summed E-state index contributed by atoms with van der Waals surface area (Å²) < 4.78 is 48.2. The summed E-state index contributed by atoms with van der Waals surface area (Å²) in [5, 5.41) is 0.366. The first-order valence-corrected chi connectivity index (χ1v) is 8.93. The van der Waals surface area contributed by atoms with E-state index in [1.54, 1.807) is 0 Å². The van der Waals surface area contributed by atoms with E-state index >= 15 is 0 Å². The summed E-state index contributed by atoms with van der Waals surface area (Å²) in [4.78, 5) is 20.3. The van der Waals surface area contributed by atoms with Gasteiger partial charge in [0.15, 0.2) is 17.4 Å². The van der Waals surface area contributed by atoms with Crippen LogP contribution in [0.15, 0.2) is 35.5 Å². The molecule has 1 aromatic heterocycles. The van der Waals surface area contributed by atoms with E-state index < -0.39 is 35.5 Å². The maximum Gasteiger partial charge on any atom is 0.283 e. The van der Waals surface area contributed by atoms with Crippen molar-refractivity contribution in [3.05, 3.63) is 63.9 Å². The third kappa shape index (κ3) is 3.11. The molecule has 2 heterocycles. The number of aromatic nitrogens is 1. The molecule has 0 amide bonds. The Balaban J connectivity index is 1.72. The number of nitrogens with zero attached hydrogens (tertiary/aromatic N) is 2. The number of alkyl halides is 1. The second-order valence-corrected chi connectivity index (χ2v) is 7.34. The average Bonchev–Trinajstić information content (AvgIpc) is 3.44. The first-order valence-electron chi connectivity index (χ1n) is 8.55. The molecule has 1 saturated carbocycles. The van der Waals surface area contributed by atoms with Gasteiger partial charge in [-0.15, -0.1) is 0 Å². The zero-order valence-corrected chi connectivity index (χ0v) is 15.2. The van der Waals surface area contributed by atoms with Gasteiger partial charge in [0.05, 0.1) is 5.02 Å². The van der Waals surface area contributed by atoms with E-state index in [9.17, 15) is 18.0 Å². The predicted molar refractivity (Wildman–Crippen MR) is 95.9 cm³/mol. The minimum atomic E-state index is -1.66. The van der Waals surface area contributed by atoms with E-state index in [0.29, 0.717) is 11.4 Å². The van der Waals surface area contributed by atoms with Crippen LogP contribution in [0.2, 0.25) is 5.02 Å². The van der Waals surface area contributed by atoms with Gasteiger partial charge in [-0.3, -0.25) is 9.78 Å². The number of fused-ring (bicyclic) bond motifs is 1. The standard InChI is InChI=1S/C19H15ClF3N3O2/c20-10-1-2-14(25-7-10)15(27)5-9-3-12(17(23)13(22)4-9)19(8-21)11-6-16(11)28-18(24)26-19/h1-4,7,11,16H,5-6,8H2,(H2,24,26)/t11-,16+,19-/m0/s1. The van der Waals surface area contributed by atoms with Crippen LogP contribution in [0.1, 0.15) is 28.0 Å². The van der Waals surface area contributed by atoms with Crippen LogP contribution in [0, 0.1) is 17.6 Å². The smallest absolute Gasteiger partial charge is 0.283 e. The Morgan fingerprint density at radius 3 is 2.82 bits per heavy atom. The number of nitrogens with two attached hydrogens (primary N) is 1. The number of hydrogen-bond acceptors (Lipinski definition) is 5. The van der Waals surface area contributed by atoms with Crippen LogP contribution in [0.4, 0.5) is 13.2 Å². The Kier molecular flexibility index (Phi) is 4.53. The van der Waals surface area contributed by atoms with Gasteiger partial charge in [-0.1, -0.05) is 11.6 Å². The molecule has 0 radical (unpaired) electrons. The normalized spacial score (nSPS) is 25.5. The quantitative estimate of drug-likeness (QED) is 0.768. The van der Waals surface area contributed by atoms with Crippen molar-refractivity contribution in [1.82, 2.24) is 4.98 Å². The molecule has 146 valence electrons. The van der Waals surface area contributed by atoms with Crippen molar-refractivity contribution in [1.29, 1.82) is 0 Å². The number of ether oxygens (including phenoxy) is 1. The number of amidine groups is 1. The maximum atomic E-state index is 14.6. The summed E-state index contributed by atoms with van der Waals surface area (Å²) in [6.07, 6.45) is 1.13. The first-order chi connectivity index (χ1) is 13.3. The van der Waals surface area contributed by atoms with Crippen LogP contribution in [0.25, 0.3) is 0 Å². The number of Topliss-reactive ketones (excluding diaryl/α,β-unsaturated/α-hetero) is 1. The van der Waals surface area contributed by atoms with Crippen molar-refractivity contribution < 1.29 is 22.7 Å². The highest BCUT2D eigenvalue weighted by atomic mass is 35.5. The summed E-state index contributed by atoms with van der Waals surface area (Å²) >= 11 is 5.75. The number of hydrogen-bond donors (Lipinski definition) is 1. The zero-order valence-electron chi connectivity index (χ0n) is 14.5. The highest BCUT2D eigenvalue weighted by Gasteiger charge is 2.60. The molecule has 28 heavy (non-hydrogen) atoms. The molecule has 1 fully saturated rings. The Hall–Kier alpha value is -2.61. The lowest BCUT2D eigenvalue weighted by molar-refractivity contribution is 0.0988. The minimum Gasteiger partial charge on any atom is -0.462 e. The minimum absolute atomic E-state index is 0.131. The molecule has 0 spiro atoms. The fourth-order valence-corrected chi connectivity index (χ4v) is 3.72. The molecule has 2 aromatic rings. The van der Waals surface area contributed by atoms with Gasteiger partial charge in [-0.05, 0) is 36.2 Å². The van der Waals surface area contributed by atoms with Crippen LogP contribution in [0.3, 0.4) is 0 Å². The molecular formula is C19H15ClF3N3O2. The molecule has 2 N–H and O–H groups in total. The number of rotatable bonds is 5. The molecular weight excluding hydrogens is 395 g/mol. The van der Waals surface area contributed by atoms with Gasteiger partial charge in [0.2, 0.25) is 0 Å². The SMILES string of the molecule is NC1=N[C@](CF)(c2cc(CC(=O)c3ccc(Cl)cn3)cc(F)c2F)[C@H]2C[C@H]2O1. The summed E-state index contributed by atoms with van der Waals surface area (Å²) in [6.45, 7) is -1.06. The van der Waals surface area contributed by atoms with Crippen LogP contribution < -0.4 is 5.73 Å². The van der Waals surface area contributed by atoms with Gasteiger partial charge in [0.25, 0.3) is 6.02 Å². The fraction of sp³-hybridized carbons (Fsp3) is 0.316. The number of carbonyl (C=O) groups is 1. The van der Waals surface area contributed by atoms with Crippen molar-refractivity contribution in [3.63, 3.8) is 0 Å². The summed E-state index contributed by atoms with van der Waals surface area (Å²) in [5.41, 5.74) is 4.00. The molecule has 5 nitrogen and oxygen atoms in total. The fourth-order valence-electron chi connectivity index (χ4n) is 3.61. The molecule has 0 unspecified atom stereocenters. The van der Waals surface area contributed by atoms with Gasteiger partial charge in [-0.2, -0.15) is 0 Å². The zero-order chi connectivity index (χ0) is 20.1. The van der Waals surface area contributed by atoms with Crippen molar-refractivity contribution in [2.75, 3.05) is 6.67 Å². The molecule has 1 aromatic carbocycles. The van der Waals surface area contributed by atoms with E-state index in [1.165, 1.54) is 24.4 Å². The third-order valence-electron chi connectivity index (χ3n) is 5.06. The topological polar surface area (TPSA) is 77.6 Å². The predicted octanol–water partition coefficient (Wildman–Crippen LogP) is 3.34. The number of ketones is 1. The maximum absolute atomic E-state index is 14.6. The molecule has 0 bridgehead atoms. The highest BCUT2D eigenvalue weighted by Crippen LogP contribution is 2.53. The van der Waals surface area contributed by atoms with Crippen molar-refractivity contribution in [2.24, 2.45) is 16.6 Å². The molecule has 0 saturated heterocycles. The Bertz CT molecular complexity index is 983. The average molecular weight is 410 g/mol. The molecule has 4 rings (SSSR count). The molecule has 9 heteroatoms. The lowest BCUT2D eigenvalue weighted by Gasteiger charge is -2.31. The Morgan fingerprint density at radius 1 is 1.36 bits per heavy atom. The monoisotopic (exact) mass is 409 g/mol. The first kappa shape index (κ1) is 18.7. The van der Waals surface area contributed by atoms with Gasteiger partial charge >= 0.3 is 0 Å². The van der Waals surface area contributed by atoms with Crippen molar-refractivity contribution in [3.8, 4) is 0 Å². The van der Waals surface area contributed by atoms with Gasteiger partial charge in [0.1, 0.15) is 24.0 Å². The summed E-state index contributed by atoms with van der Waals surface area (Å²) in [7, 11) is 0. The Morgan fingerprint density at radius 2 is 2.14 bits per heavy atom. The molecule has 2 aliphatic rings. The van der Waals surface area contributed by atoms with Crippen molar-refractivity contribution >= 4 is 23.4 Å². The van der Waals surface area contributed by atoms with Crippen LogP contribution >= 0.6 is 11.6 Å². The van der Waals surface area contributed by atoms with Gasteiger partial charge in [-0.25, -0.2) is 18.2 Å². The number of halogens is 4. The lowest BCUT2D eigenvalue weighted by atomic mass is 9.84. The molecule has 3 atom stereocenters. The summed E-state index contributed by atoms with van der Waals surface area (Å²) in [6, 6.07) is 4.86. The van der Waals surface area contributed by atoms with E-state index in [2.05, 4.69) is 9.98 Å². The number of carbonyl (C=O) groups excluding carboxylic acids is 1. The Labute approximate surface area is 163 Å². The van der Waals surface area contributed by atoms with E-state index in [4.69, 9.17) is 22.1 Å². The second kappa shape index (κ2) is 6.77.